The number of halogens is 3. The third-order valence-electron chi connectivity index (χ3n) is 3.36. The second-order valence-corrected chi connectivity index (χ2v) is 5.52. The fourth-order valence-electron chi connectivity index (χ4n) is 2.19. The molecule has 0 aliphatic carbocycles. The van der Waals surface area contributed by atoms with Crippen molar-refractivity contribution in [3.63, 3.8) is 0 Å². The SMILES string of the molecule is COc1ccccc1[C@H](O)CNC(=O)Nc1ccc(OC(F)F)c(Cl)c1. The van der Waals surface area contributed by atoms with E-state index in [1.54, 1.807) is 24.3 Å². The van der Waals surface area contributed by atoms with Crippen molar-refractivity contribution < 1.29 is 28.2 Å². The Morgan fingerprint density at radius 3 is 2.62 bits per heavy atom. The van der Waals surface area contributed by atoms with Crippen molar-refractivity contribution in [2.45, 2.75) is 12.7 Å². The van der Waals surface area contributed by atoms with Gasteiger partial charge in [-0.05, 0) is 24.3 Å². The van der Waals surface area contributed by atoms with Gasteiger partial charge in [-0.15, -0.1) is 0 Å². The maximum atomic E-state index is 12.2. The Morgan fingerprint density at radius 1 is 1.23 bits per heavy atom. The fourth-order valence-corrected chi connectivity index (χ4v) is 2.41. The summed E-state index contributed by atoms with van der Waals surface area (Å²) < 4.78 is 33.7. The topological polar surface area (TPSA) is 79.8 Å². The van der Waals surface area contributed by atoms with E-state index >= 15 is 0 Å². The summed E-state index contributed by atoms with van der Waals surface area (Å²) >= 11 is 5.81. The number of para-hydroxylation sites is 1. The lowest BCUT2D eigenvalue weighted by atomic mass is 10.1. The largest absolute Gasteiger partial charge is 0.496 e. The zero-order valence-corrected chi connectivity index (χ0v) is 14.5. The van der Waals surface area contributed by atoms with Gasteiger partial charge in [0.2, 0.25) is 0 Å². The van der Waals surface area contributed by atoms with Crippen molar-refractivity contribution in [1.29, 1.82) is 0 Å². The standard InChI is InChI=1S/C17H17ClF2N2O4/c1-25-14-5-3-2-4-11(14)13(23)9-21-17(24)22-10-6-7-15(12(18)8-10)26-16(19)20/h2-8,13,16,23H,9H2,1H3,(H2,21,22,24)/t13-/m1/s1. The number of aliphatic hydroxyl groups is 1. The van der Waals surface area contributed by atoms with E-state index in [1.165, 1.54) is 25.3 Å². The quantitative estimate of drug-likeness (QED) is 0.676. The number of urea groups is 1. The Morgan fingerprint density at radius 2 is 1.96 bits per heavy atom. The average Bonchev–Trinajstić information content (AvgIpc) is 2.61. The second-order valence-electron chi connectivity index (χ2n) is 5.12. The van der Waals surface area contributed by atoms with Gasteiger partial charge in [-0.25, -0.2) is 4.79 Å². The number of carbonyl (C=O) groups excluding carboxylic acids is 1. The highest BCUT2D eigenvalue weighted by atomic mass is 35.5. The van der Waals surface area contributed by atoms with Crippen LogP contribution in [0.5, 0.6) is 11.5 Å². The molecule has 0 bridgehead atoms. The van der Waals surface area contributed by atoms with E-state index in [1.807, 2.05) is 0 Å². The van der Waals surface area contributed by atoms with Crippen molar-refractivity contribution in [2.75, 3.05) is 19.0 Å². The molecule has 26 heavy (non-hydrogen) atoms. The summed E-state index contributed by atoms with van der Waals surface area (Å²) in [6, 6.07) is 10.1. The molecule has 1 atom stereocenters. The van der Waals surface area contributed by atoms with E-state index in [0.29, 0.717) is 11.3 Å². The van der Waals surface area contributed by atoms with Gasteiger partial charge in [0.25, 0.3) is 0 Å². The molecule has 0 aliphatic heterocycles. The van der Waals surface area contributed by atoms with Crippen LogP contribution in [0.25, 0.3) is 0 Å². The number of benzene rings is 2. The van der Waals surface area contributed by atoms with Crippen LogP contribution in [-0.4, -0.2) is 31.4 Å². The molecule has 0 aliphatic rings. The summed E-state index contributed by atoms with van der Waals surface area (Å²) in [5.41, 5.74) is 0.813. The highest BCUT2D eigenvalue weighted by Gasteiger charge is 2.14. The smallest absolute Gasteiger partial charge is 0.387 e. The first-order chi connectivity index (χ1) is 12.4. The molecule has 0 aromatic heterocycles. The minimum atomic E-state index is -2.99. The molecule has 0 fully saturated rings. The Balaban J connectivity index is 1.91. The van der Waals surface area contributed by atoms with Crippen molar-refractivity contribution in [3.8, 4) is 11.5 Å². The van der Waals surface area contributed by atoms with E-state index < -0.39 is 18.7 Å². The molecule has 0 unspecified atom stereocenters. The Bertz CT molecular complexity index is 761. The molecule has 0 saturated heterocycles. The van der Waals surface area contributed by atoms with E-state index in [9.17, 15) is 18.7 Å². The zero-order valence-electron chi connectivity index (χ0n) is 13.7. The molecule has 2 aromatic rings. The number of rotatable bonds is 7. The van der Waals surface area contributed by atoms with Gasteiger partial charge in [0.05, 0.1) is 18.2 Å². The number of methoxy groups -OCH3 is 1. The monoisotopic (exact) mass is 386 g/mol. The summed E-state index contributed by atoms with van der Waals surface area (Å²) in [5, 5.41) is 15.1. The van der Waals surface area contributed by atoms with Crippen LogP contribution in [0.4, 0.5) is 19.3 Å². The van der Waals surface area contributed by atoms with E-state index in [-0.39, 0.29) is 23.0 Å². The van der Waals surface area contributed by atoms with Crippen molar-refractivity contribution in [3.05, 3.63) is 53.1 Å². The average molecular weight is 387 g/mol. The third kappa shape index (κ3) is 5.47. The predicted molar refractivity (Wildman–Crippen MR) is 93.1 cm³/mol. The number of ether oxygens (including phenoxy) is 2. The Labute approximate surface area is 153 Å². The van der Waals surface area contributed by atoms with Gasteiger partial charge in [0.1, 0.15) is 11.5 Å². The van der Waals surface area contributed by atoms with Crippen LogP contribution in [0.15, 0.2) is 42.5 Å². The minimum Gasteiger partial charge on any atom is -0.496 e. The number of anilines is 1. The highest BCUT2D eigenvalue weighted by molar-refractivity contribution is 6.32. The molecule has 2 aromatic carbocycles. The highest BCUT2D eigenvalue weighted by Crippen LogP contribution is 2.29. The van der Waals surface area contributed by atoms with Crippen molar-refractivity contribution in [1.82, 2.24) is 5.32 Å². The molecule has 2 amide bonds. The van der Waals surface area contributed by atoms with Crippen LogP contribution < -0.4 is 20.1 Å². The van der Waals surface area contributed by atoms with Crippen molar-refractivity contribution >= 4 is 23.3 Å². The zero-order chi connectivity index (χ0) is 19.1. The van der Waals surface area contributed by atoms with Crippen molar-refractivity contribution in [2.24, 2.45) is 0 Å². The fraction of sp³-hybridized carbons (Fsp3) is 0.235. The van der Waals surface area contributed by atoms with E-state index in [4.69, 9.17) is 16.3 Å². The molecule has 9 heteroatoms. The molecular formula is C17H17ClF2N2O4. The van der Waals surface area contributed by atoms with Gasteiger partial charge >= 0.3 is 12.6 Å². The first kappa shape index (κ1) is 19.7. The van der Waals surface area contributed by atoms with Gasteiger partial charge in [-0.1, -0.05) is 29.8 Å². The van der Waals surface area contributed by atoms with Crippen LogP contribution in [0.2, 0.25) is 5.02 Å². The lowest BCUT2D eigenvalue weighted by Gasteiger charge is -2.16. The molecule has 0 radical (unpaired) electrons. The lowest BCUT2D eigenvalue weighted by Crippen LogP contribution is -2.32. The maximum absolute atomic E-state index is 12.2. The molecule has 0 spiro atoms. The molecule has 0 saturated carbocycles. The molecule has 6 nitrogen and oxygen atoms in total. The number of amides is 2. The number of aliphatic hydroxyl groups excluding tert-OH is 1. The van der Waals surface area contributed by atoms with Crippen LogP contribution in [0.1, 0.15) is 11.7 Å². The van der Waals surface area contributed by atoms with Crippen LogP contribution in [0.3, 0.4) is 0 Å². The summed E-state index contributed by atoms with van der Waals surface area (Å²) in [6.07, 6.45) is -0.970. The third-order valence-corrected chi connectivity index (χ3v) is 3.66. The lowest BCUT2D eigenvalue weighted by molar-refractivity contribution is -0.0497. The van der Waals surface area contributed by atoms with Gasteiger partial charge in [0.15, 0.2) is 0 Å². The first-order valence-electron chi connectivity index (χ1n) is 7.51. The number of hydrogen-bond donors (Lipinski definition) is 3. The molecule has 3 N–H and O–H groups in total. The van der Waals surface area contributed by atoms with Crippen LogP contribution in [0, 0.1) is 0 Å². The maximum Gasteiger partial charge on any atom is 0.387 e. The van der Waals surface area contributed by atoms with Gasteiger partial charge < -0.3 is 25.2 Å². The Hall–Kier alpha value is -2.58. The second kappa shape index (κ2) is 9.21. The normalized spacial score (nSPS) is 11.8. The summed E-state index contributed by atoms with van der Waals surface area (Å²) in [6.45, 7) is -3.06. The van der Waals surface area contributed by atoms with E-state index in [2.05, 4.69) is 15.4 Å². The number of nitrogens with one attached hydrogen (secondary N) is 2. The predicted octanol–water partition coefficient (Wildman–Crippen LogP) is 3.81. The first-order valence-corrected chi connectivity index (χ1v) is 7.88. The Kier molecular flexibility index (Phi) is 6.99. The number of carbonyl (C=O) groups is 1. The molecule has 140 valence electrons. The van der Waals surface area contributed by atoms with Gasteiger partial charge in [-0.3, -0.25) is 0 Å². The van der Waals surface area contributed by atoms with E-state index in [0.717, 1.165) is 0 Å². The molecule has 0 heterocycles. The van der Waals surface area contributed by atoms with Gasteiger partial charge in [0, 0.05) is 17.8 Å². The number of hydrogen-bond acceptors (Lipinski definition) is 4. The van der Waals surface area contributed by atoms with Gasteiger partial charge in [-0.2, -0.15) is 8.78 Å². The van der Waals surface area contributed by atoms with Crippen LogP contribution in [-0.2, 0) is 0 Å². The summed E-state index contributed by atoms with van der Waals surface area (Å²) in [5.74, 6) is 0.308. The summed E-state index contributed by atoms with van der Waals surface area (Å²) in [7, 11) is 1.48. The number of alkyl halides is 2. The minimum absolute atomic E-state index is 0.0630. The van der Waals surface area contributed by atoms with Crippen LogP contribution >= 0.6 is 11.6 Å². The molecular weight excluding hydrogens is 370 g/mol. The summed E-state index contributed by atoms with van der Waals surface area (Å²) in [4.78, 5) is 11.9. The molecule has 2 rings (SSSR count).